The van der Waals surface area contributed by atoms with E-state index in [9.17, 15) is 4.39 Å². The summed E-state index contributed by atoms with van der Waals surface area (Å²) in [6.45, 7) is 3.44. The van der Waals surface area contributed by atoms with Crippen molar-refractivity contribution >= 4 is 23.0 Å². The average molecular weight is 279 g/mol. The van der Waals surface area contributed by atoms with Crippen molar-refractivity contribution in [2.24, 2.45) is 0 Å². The third kappa shape index (κ3) is 3.61. The first-order chi connectivity index (χ1) is 9.08. The highest BCUT2D eigenvalue weighted by molar-refractivity contribution is 6.30. The fourth-order valence-corrected chi connectivity index (χ4v) is 2.31. The molecule has 2 rings (SSSR count). The molecule has 0 aliphatic carbocycles. The van der Waals surface area contributed by atoms with Gasteiger partial charge in [-0.15, -0.1) is 0 Å². The lowest BCUT2D eigenvalue weighted by atomic mass is 10.1. The first-order valence-electron chi connectivity index (χ1n) is 6.14. The van der Waals surface area contributed by atoms with Gasteiger partial charge in [-0.1, -0.05) is 17.7 Å². The van der Waals surface area contributed by atoms with Gasteiger partial charge in [0.05, 0.1) is 0 Å². The van der Waals surface area contributed by atoms with Crippen LogP contribution in [0.1, 0.15) is 12.5 Å². The molecule has 0 radical (unpaired) electrons. The first kappa shape index (κ1) is 13.7. The molecular weight excluding hydrogens is 263 g/mol. The topological polar surface area (TPSA) is 29.3 Å². The van der Waals surface area contributed by atoms with Gasteiger partial charge in [0.1, 0.15) is 5.82 Å². The van der Waals surface area contributed by atoms with Crippen molar-refractivity contribution in [2.45, 2.75) is 13.5 Å². The Labute approximate surface area is 117 Å². The number of rotatable bonds is 4. The Morgan fingerprint density at radius 3 is 2.63 bits per heavy atom. The fraction of sp³-hybridized carbons (Fsp3) is 0.200. The minimum atomic E-state index is -0.235. The third-order valence-corrected chi connectivity index (χ3v) is 3.13. The van der Waals surface area contributed by atoms with Gasteiger partial charge >= 0.3 is 0 Å². The van der Waals surface area contributed by atoms with E-state index in [1.165, 1.54) is 12.1 Å². The number of hydrogen-bond acceptors (Lipinski definition) is 2. The molecule has 0 saturated heterocycles. The van der Waals surface area contributed by atoms with Crippen molar-refractivity contribution in [1.29, 1.82) is 0 Å². The van der Waals surface area contributed by atoms with E-state index < -0.39 is 0 Å². The monoisotopic (exact) mass is 278 g/mol. The highest BCUT2D eigenvalue weighted by atomic mass is 35.5. The SMILES string of the molecule is CCN(Cc1cc(N)cc(Cl)c1)c1cccc(F)c1. The molecule has 0 aliphatic rings. The van der Waals surface area contributed by atoms with E-state index in [0.29, 0.717) is 17.3 Å². The van der Waals surface area contributed by atoms with Gasteiger partial charge < -0.3 is 10.6 Å². The molecule has 2 aromatic carbocycles. The standard InChI is InChI=1S/C15H16ClFN2/c1-2-19(15-5-3-4-13(17)9-15)10-11-6-12(16)8-14(18)7-11/h3-9H,2,10,18H2,1H3. The molecule has 0 unspecified atom stereocenters. The van der Waals surface area contributed by atoms with E-state index in [2.05, 4.69) is 4.90 Å². The van der Waals surface area contributed by atoms with Gasteiger partial charge in [0.25, 0.3) is 0 Å². The minimum absolute atomic E-state index is 0.235. The summed E-state index contributed by atoms with van der Waals surface area (Å²) in [6.07, 6.45) is 0. The molecule has 2 aromatic rings. The zero-order valence-electron chi connectivity index (χ0n) is 10.7. The summed E-state index contributed by atoms with van der Waals surface area (Å²) in [4.78, 5) is 2.06. The van der Waals surface area contributed by atoms with Crippen LogP contribution in [0.5, 0.6) is 0 Å². The summed E-state index contributed by atoms with van der Waals surface area (Å²) in [5, 5.41) is 0.616. The Morgan fingerprint density at radius 2 is 2.00 bits per heavy atom. The van der Waals surface area contributed by atoms with Crippen LogP contribution >= 0.6 is 11.6 Å². The van der Waals surface area contributed by atoms with E-state index in [0.717, 1.165) is 17.8 Å². The number of anilines is 2. The molecule has 0 bridgehead atoms. The summed E-state index contributed by atoms with van der Waals surface area (Å²) >= 11 is 5.99. The average Bonchev–Trinajstić information content (AvgIpc) is 2.34. The van der Waals surface area contributed by atoms with Crippen molar-refractivity contribution in [3.05, 3.63) is 58.9 Å². The summed E-state index contributed by atoms with van der Waals surface area (Å²) < 4.78 is 13.3. The molecule has 4 heteroatoms. The summed E-state index contributed by atoms with van der Waals surface area (Å²) in [7, 11) is 0. The molecule has 19 heavy (non-hydrogen) atoms. The zero-order valence-corrected chi connectivity index (χ0v) is 11.5. The number of nitrogens with two attached hydrogens (primary N) is 1. The highest BCUT2D eigenvalue weighted by Crippen LogP contribution is 2.21. The van der Waals surface area contributed by atoms with Gasteiger partial charge in [0.2, 0.25) is 0 Å². The zero-order chi connectivity index (χ0) is 13.8. The molecule has 0 amide bonds. The van der Waals surface area contributed by atoms with Gasteiger partial charge in [0, 0.05) is 29.5 Å². The van der Waals surface area contributed by atoms with Crippen molar-refractivity contribution < 1.29 is 4.39 Å². The summed E-state index contributed by atoms with van der Waals surface area (Å²) in [5.41, 5.74) is 8.27. The Kier molecular flexibility index (Phi) is 4.27. The first-order valence-corrected chi connectivity index (χ1v) is 6.51. The van der Waals surface area contributed by atoms with Gasteiger partial charge in [-0.25, -0.2) is 4.39 Å². The lowest BCUT2D eigenvalue weighted by molar-refractivity contribution is 0.626. The second-order valence-electron chi connectivity index (χ2n) is 4.39. The quantitative estimate of drug-likeness (QED) is 0.854. The van der Waals surface area contributed by atoms with Crippen LogP contribution in [0.15, 0.2) is 42.5 Å². The number of nitrogen functional groups attached to an aromatic ring is 1. The molecule has 0 atom stereocenters. The molecule has 2 nitrogen and oxygen atoms in total. The van der Waals surface area contributed by atoms with Crippen LogP contribution < -0.4 is 10.6 Å². The largest absolute Gasteiger partial charge is 0.399 e. The van der Waals surface area contributed by atoms with Crippen LogP contribution in [-0.4, -0.2) is 6.54 Å². The predicted molar refractivity (Wildman–Crippen MR) is 79.0 cm³/mol. The van der Waals surface area contributed by atoms with Gasteiger partial charge in [0.15, 0.2) is 0 Å². The van der Waals surface area contributed by atoms with Crippen LogP contribution in [0.3, 0.4) is 0 Å². The number of halogens is 2. The van der Waals surface area contributed by atoms with E-state index in [4.69, 9.17) is 17.3 Å². The molecular formula is C15H16ClFN2. The number of hydrogen-bond donors (Lipinski definition) is 1. The normalized spacial score (nSPS) is 10.5. The molecule has 100 valence electrons. The Morgan fingerprint density at radius 1 is 1.21 bits per heavy atom. The summed E-state index contributed by atoms with van der Waals surface area (Å²) in [6, 6.07) is 12.0. The number of nitrogens with zero attached hydrogens (tertiary/aromatic N) is 1. The molecule has 0 saturated carbocycles. The second kappa shape index (κ2) is 5.93. The smallest absolute Gasteiger partial charge is 0.125 e. The van der Waals surface area contributed by atoms with E-state index in [1.54, 1.807) is 12.1 Å². The predicted octanol–water partition coefficient (Wildman–Crippen LogP) is 4.09. The van der Waals surface area contributed by atoms with Crippen molar-refractivity contribution in [3.63, 3.8) is 0 Å². The van der Waals surface area contributed by atoms with Crippen LogP contribution in [0.4, 0.5) is 15.8 Å². The molecule has 2 N–H and O–H groups in total. The van der Waals surface area contributed by atoms with E-state index >= 15 is 0 Å². The number of benzene rings is 2. The van der Waals surface area contributed by atoms with Crippen molar-refractivity contribution in [2.75, 3.05) is 17.2 Å². The van der Waals surface area contributed by atoms with Crippen LogP contribution in [0.2, 0.25) is 5.02 Å². The van der Waals surface area contributed by atoms with Gasteiger partial charge in [-0.3, -0.25) is 0 Å². The Bertz CT molecular complexity index is 552. The van der Waals surface area contributed by atoms with Crippen molar-refractivity contribution in [3.8, 4) is 0 Å². The van der Waals surface area contributed by atoms with Gasteiger partial charge in [-0.05, 0) is 48.9 Å². The minimum Gasteiger partial charge on any atom is -0.399 e. The molecule has 0 fully saturated rings. The van der Waals surface area contributed by atoms with Gasteiger partial charge in [-0.2, -0.15) is 0 Å². The second-order valence-corrected chi connectivity index (χ2v) is 4.82. The maximum atomic E-state index is 13.3. The van der Waals surface area contributed by atoms with E-state index in [-0.39, 0.29) is 5.82 Å². The summed E-state index contributed by atoms with van der Waals surface area (Å²) in [5.74, 6) is -0.235. The third-order valence-electron chi connectivity index (χ3n) is 2.91. The highest BCUT2D eigenvalue weighted by Gasteiger charge is 2.07. The van der Waals surface area contributed by atoms with Crippen LogP contribution in [0.25, 0.3) is 0 Å². The fourth-order valence-electron chi connectivity index (χ4n) is 2.05. The lowest BCUT2D eigenvalue weighted by Crippen LogP contribution is -2.22. The van der Waals surface area contributed by atoms with Crippen LogP contribution in [0, 0.1) is 5.82 Å². The van der Waals surface area contributed by atoms with Crippen LogP contribution in [-0.2, 0) is 6.54 Å². The maximum Gasteiger partial charge on any atom is 0.125 e. The lowest BCUT2D eigenvalue weighted by Gasteiger charge is -2.23. The Balaban J connectivity index is 2.23. The molecule has 0 aliphatic heterocycles. The molecule has 0 spiro atoms. The van der Waals surface area contributed by atoms with E-state index in [1.807, 2.05) is 25.1 Å². The Hall–Kier alpha value is -1.74. The molecule has 0 aromatic heterocycles. The molecule has 0 heterocycles. The van der Waals surface area contributed by atoms with Crippen molar-refractivity contribution in [1.82, 2.24) is 0 Å². The maximum absolute atomic E-state index is 13.3.